The van der Waals surface area contributed by atoms with Crippen LogP contribution in [0.5, 0.6) is 5.75 Å². The number of ketones is 1. The summed E-state index contributed by atoms with van der Waals surface area (Å²) in [5, 5.41) is 12.0. The van der Waals surface area contributed by atoms with Crippen molar-refractivity contribution in [3.8, 4) is 23.1 Å². The highest BCUT2D eigenvalue weighted by Gasteiger charge is 2.26. The summed E-state index contributed by atoms with van der Waals surface area (Å²) >= 11 is 1.10. The van der Waals surface area contributed by atoms with E-state index in [4.69, 9.17) is 4.74 Å². The van der Waals surface area contributed by atoms with Gasteiger partial charge in [0.2, 0.25) is 5.78 Å². The Bertz CT molecular complexity index is 1080. The summed E-state index contributed by atoms with van der Waals surface area (Å²) in [6.07, 6.45) is 0. The SMILES string of the molecule is COc1ccc(-c2ccc(C#N)c(SCC(=O)c3c(=O)o[nH][n+]3C)n2)cc1. The Balaban J connectivity index is 1.84. The van der Waals surface area contributed by atoms with Crippen LogP contribution in [0.1, 0.15) is 16.1 Å². The van der Waals surface area contributed by atoms with Crippen LogP contribution in [0.4, 0.5) is 0 Å². The van der Waals surface area contributed by atoms with Crippen molar-refractivity contribution in [2.45, 2.75) is 5.03 Å². The van der Waals surface area contributed by atoms with Gasteiger partial charge in [0, 0.05) is 5.56 Å². The first-order chi connectivity index (χ1) is 13.0. The van der Waals surface area contributed by atoms with E-state index in [-0.39, 0.29) is 11.4 Å². The number of benzene rings is 1. The summed E-state index contributed by atoms with van der Waals surface area (Å²) < 4.78 is 10.9. The number of nitriles is 1. The fraction of sp³-hybridized carbons (Fsp3) is 0.167. The first-order valence-corrected chi connectivity index (χ1v) is 8.81. The number of aromatic nitrogens is 3. The molecule has 8 nitrogen and oxygen atoms in total. The van der Waals surface area contributed by atoms with Gasteiger partial charge in [0.05, 0.1) is 24.1 Å². The molecule has 0 aliphatic rings. The van der Waals surface area contributed by atoms with Gasteiger partial charge in [-0.2, -0.15) is 5.26 Å². The van der Waals surface area contributed by atoms with E-state index >= 15 is 0 Å². The first kappa shape index (κ1) is 18.4. The third kappa shape index (κ3) is 3.91. The largest absolute Gasteiger partial charge is 0.497 e. The number of ether oxygens (including phenoxy) is 1. The van der Waals surface area contributed by atoms with Crippen molar-refractivity contribution in [3.05, 3.63) is 58.1 Å². The van der Waals surface area contributed by atoms with E-state index in [1.165, 1.54) is 11.7 Å². The van der Waals surface area contributed by atoms with E-state index in [1.807, 2.05) is 24.3 Å². The maximum absolute atomic E-state index is 12.3. The van der Waals surface area contributed by atoms with Crippen molar-refractivity contribution in [3.63, 3.8) is 0 Å². The molecule has 3 aromatic rings. The van der Waals surface area contributed by atoms with Crippen LogP contribution in [0, 0.1) is 11.3 Å². The molecule has 0 saturated heterocycles. The van der Waals surface area contributed by atoms with Gasteiger partial charge in [0.15, 0.2) is 7.05 Å². The predicted octanol–water partition coefficient (Wildman–Crippen LogP) is 1.71. The molecule has 2 aromatic heterocycles. The Morgan fingerprint density at radius 3 is 2.67 bits per heavy atom. The number of carbonyl (C=O) groups is 1. The molecular weight excluding hydrogens is 368 g/mol. The molecule has 0 aliphatic carbocycles. The van der Waals surface area contributed by atoms with E-state index in [0.29, 0.717) is 16.3 Å². The average molecular weight is 383 g/mol. The molecular formula is C18H15N4O4S+. The van der Waals surface area contributed by atoms with Crippen LogP contribution < -0.4 is 15.0 Å². The quantitative estimate of drug-likeness (QED) is 0.392. The molecule has 0 atom stereocenters. The van der Waals surface area contributed by atoms with Crippen LogP contribution in [0.3, 0.4) is 0 Å². The molecule has 2 heterocycles. The number of hydrogen-bond acceptors (Lipinski definition) is 7. The molecule has 3 rings (SSSR count). The van der Waals surface area contributed by atoms with Crippen LogP contribution in [0.15, 0.2) is 50.7 Å². The van der Waals surface area contributed by atoms with Crippen molar-refractivity contribution >= 4 is 17.5 Å². The predicted molar refractivity (Wildman–Crippen MR) is 96.5 cm³/mol. The molecule has 0 saturated carbocycles. The smallest absolute Gasteiger partial charge is 0.438 e. The van der Waals surface area contributed by atoms with Gasteiger partial charge in [-0.1, -0.05) is 16.4 Å². The zero-order valence-electron chi connectivity index (χ0n) is 14.6. The number of hydrogen-bond donors (Lipinski definition) is 1. The molecule has 9 heteroatoms. The minimum absolute atomic E-state index is 0.0514. The Kier molecular flexibility index (Phi) is 5.38. The molecule has 136 valence electrons. The van der Waals surface area contributed by atoms with Gasteiger partial charge >= 0.3 is 11.3 Å². The number of methoxy groups -OCH3 is 1. The minimum atomic E-state index is -0.733. The van der Waals surface area contributed by atoms with Crippen LogP contribution in [0.25, 0.3) is 11.3 Å². The summed E-state index contributed by atoms with van der Waals surface area (Å²) in [4.78, 5) is 28.4. The van der Waals surface area contributed by atoms with E-state index in [9.17, 15) is 14.9 Å². The lowest BCUT2D eigenvalue weighted by molar-refractivity contribution is -0.741. The molecule has 0 radical (unpaired) electrons. The second-order valence-electron chi connectivity index (χ2n) is 5.49. The van der Waals surface area contributed by atoms with Crippen molar-refractivity contribution in [1.82, 2.24) is 10.3 Å². The number of aromatic amines is 1. The first-order valence-electron chi connectivity index (χ1n) is 7.82. The van der Waals surface area contributed by atoms with Gasteiger partial charge in [-0.15, -0.1) is 0 Å². The molecule has 0 aliphatic heterocycles. The lowest BCUT2D eigenvalue weighted by Gasteiger charge is -2.07. The monoisotopic (exact) mass is 383 g/mol. The molecule has 1 N–H and O–H groups in total. The summed E-state index contributed by atoms with van der Waals surface area (Å²) in [6.45, 7) is 0. The van der Waals surface area contributed by atoms with Gasteiger partial charge < -0.3 is 4.74 Å². The number of thioether (sulfide) groups is 1. The van der Waals surface area contributed by atoms with Gasteiger partial charge in [-0.25, -0.2) is 9.78 Å². The molecule has 0 unspecified atom stereocenters. The summed E-state index contributed by atoms with van der Waals surface area (Å²) in [6, 6.07) is 12.8. The highest BCUT2D eigenvalue weighted by molar-refractivity contribution is 8.00. The van der Waals surface area contributed by atoms with Gasteiger partial charge in [-0.05, 0) is 41.7 Å². The van der Waals surface area contributed by atoms with Crippen molar-refractivity contribution in [1.29, 1.82) is 5.26 Å². The highest BCUT2D eigenvalue weighted by atomic mass is 32.2. The standard InChI is InChI=1S/C18H14N4O4S/c1-22-16(18(24)26-21-22)15(23)10-27-17-12(9-19)5-8-14(20-17)11-3-6-13(25-2)7-4-11/h3-8H,10H2,1-2H3/p+1. The van der Waals surface area contributed by atoms with E-state index < -0.39 is 11.4 Å². The van der Waals surface area contributed by atoms with Gasteiger partial charge in [0.1, 0.15) is 16.8 Å². The normalized spacial score (nSPS) is 10.4. The summed E-state index contributed by atoms with van der Waals surface area (Å²) in [7, 11) is 3.10. The second-order valence-corrected chi connectivity index (χ2v) is 6.45. The van der Waals surface area contributed by atoms with Crippen LogP contribution >= 0.6 is 11.8 Å². The Morgan fingerprint density at radius 1 is 1.33 bits per heavy atom. The maximum Gasteiger partial charge on any atom is 0.438 e. The van der Waals surface area contributed by atoms with Crippen LogP contribution in [0.2, 0.25) is 0 Å². The van der Waals surface area contributed by atoms with E-state index in [2.05, 4.69) is 20.8 Å². The Labute approximate surface area is 158 Å². The number of Topliss-reactive ketones (excluding diaryl/α,β-unsaturated/α-hetero) is 1. The number of H-pyrrole nitrogens is 1. The number of nitrogens with zero attached hydrogens (tertiary/aromatic N) is 3. The van der Waals surface area contributed by atoms with Gasteiger partial charge in [0.25, 0.3) is 0 Å². The van der Waals surface area contributed by atoms with Gasteiger partial charge in [-0.3, -0.25) is 9.32 Å². The van der Waals surface area contributed by atoms with Crippen molar-refractivity contribution in [2.24, 2.45) is 7.05 Å². The third-order valence-corrected chi connectivity index (χ3v) is 4.77. The maximum atomic E-state index is 12.3. The summed E-state index contributed by atoms with van der Waals surface area (Å²) in [5.41, 5.74) is 1.05. The van der Waals surface area contributed by atoms with E-state index in [1.54, 1.807) is 19.2 Å². The number of nitrogens with one attached hydrogen (secondary N) is 1. The topological polar surface area (TPSA) is 113 Å². The Morgan fingerprint density at radius 2 is 2.07 bits per heavy atom. The molecule has 27 heavy (non-hydrogen) atoms. The lowest BCUT2D eigenvalue weighted by atomic mass is 10.1. The Hall–Kier alpha value is -3.38. The molecule has 0 spiro atoms. The number of pyridine rings is 1. The van der Waals surface area contributed by atoms with Crippen molar-refractivity contribution in [2.75, 3.05) is 12.9 Å². The highest BCUT2D eigenvalue weighted by Crippen LogP contribution is 2.26. The fourth-order valence-corrected chi connectivity index (χ4v) is 3.24. The molecule has 1 aromatic carbocycles. The molecule has 0 bridgehead atoms. The summed E-state index contributed by atoms with van der Waals surface area (Å²) in [5.74, 6) is 0.258. The van der Waals surface area contributed by atoms with Crippen LogP contribution in [-0.2, 0) is 7.05 Å². The zero-order chi connectivity index (χ0) is 19.4. The number of rotatable bonds is 6. The molecule has 0 amide bonds. The van der Waals surface area contributed by atoms with Crippen molar-refractivity contribution < 1.29 is 18.7 Å². The number of aryl methyl sites for hydroxylation is 1. The minimum Gasteiger partial charge on any atom is -0.497 e. The van der Waals surface area contributed by atoms with E-state index in [0.717, 1.165) is 23.1 Å². The average Bonchev–Trinajstić information content (AvgIpc) is 3.04. The molecule has 0 fully saturated rings. The van der Waals surface area contributed by atoms with Crippen LogP contribution in [-0.4, -0.2) is 28.9 Å². The fourth-order valence-electron chi connectivity index (χ4n) is 2.40. The zero-order valence-corrected chi connectivity index (χ0v) is 15.4. The lowest BCUT2D eigenvalue weighted by Crippen LogP contribution is -2.39. The third-order valence-electron chi connectivity index (χ3n) is 3.77. The number of carbonyl (C=O) groups excluding carboxylic acids is 1. The second kappa shape index (κ2) is 7.88.